The van der Waals surface area contributed by atoms with Gasteiger partial charge in [-0.1, -0.05) is 6.07 Å². The zero-order valence-electron chi connectivity index (χ0n) is 7.00. The van der Waals surface area contributed by atoms with E-state index in [9.17, 15) is 0 Å². The number of nitrogens with zero attached hydrogens (tertiary/aromatic N) is 1. The topological polar surface area (TPSA) is 57.7 Å². The molecule has 0 unspecified atom stereocenters. The highest BCUT2D eigenvalue weighted by Gasteiger charge is 2.08. The number of anilines is 2. The van der Waals surface area contributed by atoms with Crippen molar-refractivity contribution in [1.82, 2.24) is 5.53 Å². The maximum absolute atomic E-state index is 4.82. The molecule has 5 nitrogen and oxygen atoms in total. The Labute approximate surface area is 75.7 Å². The van der Waals surface area contributed by atoms with E-state index < -0.39 is 0 Å². The molecular weight excluding hydrogens is 168 g/mol. The number of hydrogen-bond donors (Lipinski definition) is 3. The van der Waals surface area contributed by atoms with E-state index in [0.717, 1.165) is 16.9 Å². The smallest absolute Gasteiger partial charge is 0.142 e. The molecule has 1 aliphatic rings. The molecule has 0 aromatic heterocycles. The number of fused-ring (bicyclic) bond motifs is 1. The van der Waals surface area contributed by atoms with Crippen LogP contribution in [0, 0.1) is 0 Å². The van der Waals surface area contributed by atoms with E-state index in [1.807, 2.05) is 18.2 Å². The van der Waals surface area contributed by atoms with Gasteiger partial charge in [0, 0.05) is 6.72 Å². The molecule has 68 valence electrons. The summed E-state index contributed by atoms with van der Waals surface area (Å²) in [7, 11) is 0. The Morgan fingerprint density at radius 3 is 3.00 bits per heavy atom. The van der Waals surface area contributed by atoms with Crippen LogP contribution in [0.4, 0.5) is 11.4 Å². The van der Waals surface area contributed by atoms with Crippen LogP contribution in [0.25, 0.3) is 0 Å². The third-order valence-corrected chi connectivity index (χ3v) is 1.80. The quantitative estimate of drug-likeness (QED) is 0.478. The van der Waals surface area contributed by atoms with Crippen LogP contribution >= 0.6 is 0 Å². The molecule has 2 rings (SSSR count). The van der Waals surface area contributed by atoms with E-state index in [1.165, 1.54) is 0 Å². The second-order valence-corrected chi connectivity index (χ2v) is 2.66. The second kappa shape index (κ2) is 3.32. The Morgan fingerprint density at radius 1 is 1.31 bits per heavy atom. The first-order valence-electron chi connectivity index (χ1n) is 3.88. The Balaban J connectivity index is 2.16. The summed E-state index contributed by atoms with van der Waals surface area (Å²) in [6.45, 7) is 3.68. The predicted octanol–water partition coefficient (Wildman–Crippen LogP) is 1.08. The largest absolute Gasteiger partial charge is 0.391 e. The van der Waals surface area contributed by atoms with Crippen LogP contribution < -0.4 is 16.4 Å². The van der Waals surface area contributed by atoms with Crippen molar-refractivity contribution in [3.8, 4) is 0 Å². The summed E-state index contributed by atoms with van der Waals surface area (Å²) in [4.78, 5) is 4.82. The van der Waals surface area contributed by atoms with Gasteiger partial charge < -0.3 is 15.7 Å². The molecule has 1 heterocycles. The maximum Gasteiger partial charge on any atom is 0.142 e. The summed E-state index contributed by atoms with van der Waals surface area (Å²) in [5.41, 5.74) is 11.8. The van der Waals surface area contributed by atoms with Gasteiger partial charge in [0.1, 0.15) is 6.61 Å². The molecule has 0 saturated carbocycles. The molecule has 0 bridgehead atoms. The standard InChI is InChI=1S/C8H10N4O/c1-9-13-5-6-2-3-7-8(4-6)11-12-10-7/h2-4,10-12H,1,5H2. The van der Waals surface area contributed by atoms with Crippen molar-refractivity contribution in [2.24, 2.45) is 5.16 Å². The van der Waals surface area contributed by atoms with E-state index in [1.54, 1.807) is 0 Å². The fourth-order valence-electron chi connectivity index (χ4n) is 1.18. The van der Waals surface area contributed by atoms with Crippen LogP contribution in [0.2, 0.25) is 0 Å². The van der Waals surface area contributed by atoms with Crippen molar-refractivity contribution >= 4 is 18.1 Å². The van der Waals surface area contributed by atoms with Crippen LogP contribution in [0.5, 0.6) is 0 Å². The highest BCUT2D eigenvalue weighted by atomic mass is 16.6. The van der Waals surface area contributed by atoms with Crippen molar-refractivity contribution < 1.29 is 4.84 Å². The fourth-order valence-corrected chi connectivity index (χ4v) is 1.18. The van der Waals surface area contributed by atoms with Crippen LogP contribution in [0.3, 0.4) is 0 Å². The fraction of sp³-hybridized carbons (Fsp3) is 0.125. The summed E-state index contributed by atoms with van der Waals surface area (Å²) in [6.07, 6.45) is 0. The molecule has 1 aliphatic heterocycles. The van der Waals surface area contributed by atoms with Crippen molar-refractivity contribution in [2.75, 3.05) is 10.9 Å². The minimum Gasteiger partial charge on any atom is -0.391 e. The van der Waals surface area contributed by atoms with Gasteiger partial charge in [0.25, 0.3) is 0 Å². The van der Waals surface area contributed by atoms with Crippen LogP contribution in [-0.2, 0) is 11.4 Å². The molecule has 0 amide bonds. The monoisotopic (exact) mass is 178 g/mol. The van der Waals surface area contributed by atoms with E-state index in [-0.39, 0.29) is 0 Å². The summed E-state index contributed by atoms with van der Waals surface area (Å²) >= 11 is 0. The Kier molecular flexibility index (Phi) is 2.01. The van der Waals surface area contributed by atoms with Gasteiger partial charge in [0.2, 0.25) is 0 Å². The zero-order chi connectivity index (χ0) is 9.10. The summed E-state index contributed by atoms with van der Waals surface area (Å²) in [5, 5.41) is 3.32. The van der Waals surface area contributed by atoms with E-state index >= 15 is 0 Å². The normalized spacial score (nSPS) is 12.6. The van der Waals surface area contributed by atoms with Gasteiger partial charge in [0.05, 0.1) is 11.4 Å². The Morgan fingerprint density at radius 2 is 2.15 bits per heavy atom. The molecule has 3 N–H and O–H groups in total. The Bertz CT molecular complexity index is 326. The lowest BCUT2D eigenvalue weighted by Gasteiger charge is -2.01. The van der Waals surface area contributed by atoms with E-state index in [2.05, 4.69) is 28.3 Å². The molecule has 0 atom stereocenters. The van der Waals surface area contributed by atoms with Gasteiger partial charge >= 0.3 is 0 Å². The molecular formula is C8H10N4O. The number of hydrazine groups is 2. The van der Waals surface area contributed by atoms with Gasteiger partial charge in [-0.15, -0.1) is 10.7 Å². The number of hydrogen-bond acceptors (Lipinski definition) is 5. The van der Waals surface area contributed by atoms with Crippen molar-refractivity contribution in [2.45, 2.75) is 6.61 Å². The molecule has 5 heteroatoms. The lowest BCUT2D eigenvalue weighted by atomic mass is 10.2. The van der Waals surface area contributed by atoms with Crippen molar-refractivity contribution in [1.29, 1.82) is 0 Å². The zero-order valence-corrected chi connectivity index (χ0v) is 7.00. The number of nitrogens with one attached hydrogen (secondary N) is 3. The van der Waals surface area contributed by atoms with E-state index in [0.29, 0.717) is 6.61 Å². The number of rotatable bonds is 3. The molecule has 1 aromatic rings. The third-order valence-electron chi connectivity index (χ3n) is 1.80. The highest BCUT2D eigenvalue weighted by molar-refractivity contribution is 5.72. The van der Waals surface area contributed by atoms with E-state index in [4.69, 9.17) is 4.84 Å². The van der Waals surface area contributed by atoms with Crippen molar-refractivity contribution in [3.63, 3.8) is 0 Å². The Hall–Kier alpha value is -1.75. The summed E-state index contributed by atoms with van der Waals surface area (Å²) in [6, 6.07) is 5.91. The average molecular weight is 178 g/mol. The lowest BCUT2D eigenvalue weighted by molar-refractivity contribution is 0.133. The molecule has 0 aliphatic carbocycles. The minimum atomic E-state index is 0.443. The number of benzene rings is 1. The van der Waals surface area contributed by atoms with Crippen LogP contribution in [-0.4, -0.2) is 6.72 Å². The van der Waals surface area contributed by atoms with Gasteiger partial charge in [-0.05, 0) is 17.7 Å². The van der Waals surface area contributed by atoms with Crippen molar-refractivity contribution in [3.05, 3.63) is 23.8 Å². The van der Waals surface area contributed by atoms with Gasteiger partial charge in [0.15, 0.2) is 0 Å². The molecule has 0 fully saturated rings. The van der Waals surface area contributed by atoms with Gasteiger partial charge in [-0.25, -0.2) is 0 Å². The van der Waals surface area contributed by atoms with Gasteiger partial charge in [-0.2, -0.15) is 0 Å². The van der Waals surface area contributed by atoms with Gasteiger partial charge in [-0.3, -0.25) is 0 Å². The second-order valence-electron chi connectivity index (χ2n) is 2.66. The first kappa shape index (κ1) is 7.88. The third kappa shape index (κ3) is 1.54. The SMILES string of the molecule is C=NOCc1ccc2c(c1)NNN2. The molecule has 0 spiro atoms. The average Bonchev–Trinajstić information content (AvgIpc) is 2.61. The van der Waals surface area contributed by atoms with Crippen LogP contribution in [0.15, 0.2) is 23.4 Å². The predicted molar refractivity (Wildman–Crippen MR) is 51.2 cm³/mol. The number of oxime groups is 1. The molecule has 0 radical (unpaired) electrons. The molecule has 13 heavy (non-hydrogen) atoms. The lowest BCUT2D eigenvalue weighted by Crippen LogP contribution is -2.19. The summed E-state index contributed by atoms with van der Waals surface area (Å²) < 4.78 is 0. The molecule has 1 aromatic carbocycles. The van der Waals surface area contributed by atoms with Crippen LogP contribution in [0.1, 0.15) is 5.56 Å². The first-order chi connectivity index (χ1) is 6.40. The summed E-state index contributed by atoms with van der Waals surface area (Å²) in [5.74, 6) is 0. The molecule has 0 saturated heterocycles. The first-order valence-corrected chi connectivity index (χ1v) is 3.88. The highest BCUT2D eigenvalue weighted by Crippen LogP contribution is 2.25. The minimum absolute atomic E-state index is 0.443. The maximum atomic E-state index is 4.82.